The Bertz CT molecular complexity index is 406. The highest BCUT2D eigenvalue weighted by Gasteiger charge is 2.13. The topological polar surface area (TPSA) is 29.1 Å². The van der Waals surface area contributed by atoms with E-state index in [0.717, 1.165) is 31.4 Å². The van der Waals surface area contributed by atoms with E-state index in [1.165, 1.54) is 5.56 Å². The molecule has 0 heterocycles. The molecule has 0 aliphatic rings. The third kappa shape index (κ3) is 6.42. The number of alkyl halides is 1. The third-order valence-electron chi connectivity index (χ3n) is 3.32. The first kappa shape index (κ1) is 17.0. The normalized spacial score (nSPS) is 11.4. The molecule has 0 radical (unpaired) electrons. The Morgan fingerprint density at radius 2 is 1.65 bits per heavy atom. The number of hydrogen-bond acceptors (Lipinski definition) is 1. The first-order valence-corrected chi connectivity index (χ1v) is 7.93. The van der Waals surface area contributed by atoms with Crippen molar-refractivity contribution in [1.29, 1.82) is 0 Å². The summed E-state index contributed by atoms with van der Waals surface area (Å²) < 4.78 is 0. The van der Waals surface area contributed by atoms with Crippen LogP contribution in [0, 0.1) is 0 Å². The van der Waals surface area contributed by atoms with E-state index >= 15 is 0 Å². The van der Waals surface area contributed by atoms with Crippen LogP contribution < -0.4 is 5.32 Å². The summed E-state index contributed by atoms with van der Waals surface area (Å²) in [4.78, 5) is 11.8. The molecule has 1 aromatic carbocycles. The number of amides is 1. The Morgan fingerprint density at radius 3 is 2.20 bits per heavy atom. The van der Waals surface area contributed by atoms with E-state index in [9.17, 15) is 4.79 Å². The molecular weight excluding hydrogens is 270 g/mol. The van der Waals surface area contributed by atoms with Crippen molar-refractivity contribution < 1.29 is 4.79 Å². The molecule has 112 valence electrons. The van der Waals surface area contributed by atoms with Crippen molar-refractivity contribution in [3.63, 3.8) is 0 Å². The van der Waals surface area contributed by atoms with Crippen molar-refractivity contribution in [2.45, 2.75) is 58.3 Å². The zero-order chi connectivity index (χ0) is 15.0. The van der Waals surface area contributed by atoms with Gasteiger partial charge in [-0.2, -0.15) is 0 Å². The largest absolute Gasteiger partial charge is 0.326 e. The van der Waals surface area contributed by atoms with Gasteiger partial charge < -0.3 is 5.32 Å². The molecule has 0 bridgehead atoms. The van der Waals surface area contributed by atoms with Crippen molar-refractivity contribution in [3.8, 4) is 0 Å². The highest BCUT2D eigenvalue weighted by Crippen LogP contribution is 2.23. The number of halogens is 1. The van der Waals surface area contributed by atoms with Crippen LogP contribution in [-0.4, -0.2) is 11.8 Å². The summed E-state index contributed by atoms with van der Waals surface area (Å²) >= 11 is 5.62. The second-order valence-electron chi connectivity index (χ2n) is 6.23. The zero-order valence-corrected chi connectivity index (χ0v) is 13.6. The van der Waals surface area contributed by atoms with Crippen molar-refractivity contribution in [2.75, 3.05) is 11.2 Å². The van der Waals surface area contributed by atoms with Gasteiger partial charge in [0.1, 0.15) is 0 Å². The van der Waals surface area contributed by atoms with Crippen molar-refractivity contribution in [1.82, 2.24) is 0 Å². The third-order valence-corrected chi connectivity index (χ3v) is 3.59. The predicted molar refractivity (Wildman–Crippen MR) is 87.6 cm³/mol. The highest BCUT2D eigenvalue weighted by molar-refractivity contribution is 6.17. The summed E-state index contributed by atoms with van der Waals surface area (Å²) in [6.07, 6.45) is 4.74. The van der Waals surface area contributed by atoms with Gasteiger partial charge >= 0.3 is 0 Å². The van der Waals surface area contributed by atoms with Crippen LogP contribution in [0.25, 0.3) is 0 Å². The quantitative estimate of drug-likeness (QED) is 0.549. The molecule has 0 fully saturated rings. The first-order chi connectivity index (χ1) is 9.43. The molecule has 3 heteroatoms. The van der Waals surface area contributed by atoms with E-state index < -0.39 is 0 Å². The molecular formula is C17H26ClNO. The summed E-state index contributed by atoms with van der Waals surface area (Å²) in [5.74, 6) is 0.811. The molecule has 1 aromatic rings. The van der Waals surface area contributed by atoms with Gasteiger partial charge in [0.2, 0.25) is 5.91 Å². The minimum Gasteiger partial charge on any atom is -0.326 e. The number of nitrogens with one attached hydrogen (secondary N) is 1. The number of anilines is 1. The zero-order valence-electron chi connectivity index (χ0n) is 12.8. The van der Waals surface area contributed by atoms with Crippen LogP contribution in [0.5, 0.6) is 0 Å². The van der Waals surface area contributed by atoms with Gasteiger partial charge in [-0.15, -0.1) is 11.6 Å². The Kier molecular flexibility index (Phi) is 7.08. The molecule has 0 aliphatic carbocycles. The molecule has 0 aromatic heterocycles. The Labute approximate surface area is 127 Å². The summed E-state index contributed by atoms with van der Waals surface area (Å²) in [5.41, 5.74) is 2.30. The Hall–Kier alpha value is -1.02. The van der Waals surface area contributed by atoms with Gasteiger partial charge in [0.05, 0.1) is 0 Å². The average Bonchev–Trinajstić information content (AvgIpc) is 2.38. The predicted octanol–water partition coefficient (Wildman–Crippen LogP) is 5.11. The number of carbonyl (C=O) groups is 1. The van der Waals surface area contributed by atoms with E-state index in [1.807, 2.05) is 12.1 Å². The van der Waals surface area contributed by atoms with E-state index in [2.05, 4.69) is 38.2 Å². The van der Waals surface area contributed by atoms with Crippen LogP contribution in [0.2, 0.25) is 0 Å². The fourth-order valence-corrected chi connectivity index (χ4v) is 2.20. The van der Waals surface area contributed by atoms with E-state index in [0.29, 0.717) is 12.3 Å². The average molecular weight is 296 g/mol. The minimum absolute atomic E-state index is 0.0967. The lowest BCUT2D eigenvalue weighted by Gasteiger charge is -2.19. The van der Waals surface area contributed by atoms with Gasteiger partial charge in [0.25, 0.3) is 0 Å². The summed E-state index contributed by atoms with van der Waals surface area (Å²) in [5, 5.41) is 2.95. The minimum atomic E-state index is 0.0967. The second kappa shape index (κ2) is 8.31. The number of benzene rings is 1. The van der Waals surface area contributed by atoms with Crippen LogP contribution >= 0.6 is 11.6 Å². The lowest BCUT2D eigenvalue weighted by Crippen LogP contribution is -2.13. The van der Waals surface area contributed by atoms with Crippen molar-refractivity contribution >= 4 is 23.2 Å². The Morgan fingerprint density at radius 1 is 1.05 bits per heavy atom. The SMILES string of the molecule is CC(C)(C)c1ccc(NC(=O)CCCCCCCl)cc1. The lowest BCUT2D eigenvalue weighted by molar-refractivity contribution is -0.116. The maximum absolute atomic E-state index is 11.8. The number of hydrogen-bond donors (Lipinski definition) is 1. The molecule has 1 rings (SSSR count). The first-order valence-electron chi connectivity index (χ1n) is 7.40. The molecule has 0 aliphatic heterocycles. The molecule has 0 saturated carbocycles. The van der Waals surface area contributed by atoms with Gasteiger partial charge in [-0.1, -0.05) is 45.7 Å². The highest BCUT2D eigenvalue weighted by atomic mass is 35.5. The van der Waals surface area contributed by atoms with Crippen LogP contribution in [0.1, 0.15) is 58.4 Å². The number of rotatable bonds is 7. The summed E-state index contributed by atoms with van der Waals surface area (Å²) in [6.45, 7) is 6.55. The van der Waals surface area contributed by atoms with Gasteiger partial charge in [-0.25, -0.2) is 0 Å². The van der Waals surface area contributed by atoms with E-state index in [-0.39, 0.29) is 11.3 Å². The van der Waals surface area contributed by atoms with Gasteiger partial charge in [0.15, 0.2) is 0 Å². The van der Waals surface area contributed by atoms with Crippen LogP contribution in [-0.2, 0) is 10.2 Å². The van der Waals surface area contributed by atoms with E-state index in [1.54, 1.807) is 0 Å². The molecule has 0 unspecified atom stereocenters. The van der Waals surface area contributed by atoms with Crippen molar-refractivity contribution in [2.24, 2.45) is 0 Å². The number of unbranched alkanes of at least 4 members (excludes halogenated alkanes) is 3. The molecule has 0 saturated heterocycles. The second-order valence-corrected chi connectivity index (χ2v) is 6.61. The monoisotopic (exact) mass is 295 g/mol. The van der Waals surface area contributed by atoms with Crippen LogP contribution in [0.4, 0.5) is 5.69 Å². The maximum atomic E-state index is 11.8. The smallest absolute Gasteiger partial charge is 0.224 e. The van der Waals surface area contributed by atoms with Gasteiger partial charge in [-0.05, 0) is 36.0 Å². The fourth-order valence-electron chi connectivity index (χ4n) is 2.01. The summed E-state index contributed by atoms with van der Waals surface area (Å²) in [7, 11) is 0. The molecule has 1 amide bonds. The van der Waals surface area contributed by atoms with Gasteiger partial charge in [0, 0.05) is 18.0 Å². The van der Waals surface area contributed by atoms with E-state index in [4.69, 9.17) is 11.6 Å². The van der Waals surface area contributed by atoms with Crippen molar-refractivity contribution in [3.05, 3.63) is 29.8 Å². The Balaban J connectivity index is 2.35. The van der Waals surface area contributed by atoms with Crippen LogP contribution in [0.3, 0.4) is 0 Å². The van der Waals surface area contributed by atoms with Crippen LogP contribution in [0.15, 0.2) is 24.3 Å². The molecule has 1 N–H and O–H groups in total. The lowest BCUT2D eigenvalue weighted by atomic mass is 9.87. The van der Waals surface area contributed by atoms with Gasteiger partial charge in [-0.3, -0.25) is 4.79 Å². The molecule has 0 atom stereocenters. The fraction of sp³-hybridized carbons (Fsp3) is 0.588. The molecule has 2 nitrogen and oxygen atoms in total. The summed E-state index contributed by atoms with van der Waals surface area (Å²) in [6, 6.07) is 8.12. The molecule has 20 heavy (non-hydrogen) atoms. The number of carbonyl (C=O) groups excluding carboxylic acids is 1. The standard InChI is InChI=1S/C17H26ClNO/c1-17(2,3)14-9-11-15(12-10-14)19-16(20)8-6-4-5-7-13-18/h9-12H,4-8,13H2,1-3H3,(H,19,20). The maximum Gasteiger partial charge on any atom is 0.224 e. The molecule has 0 spiro atoms.